The van der Waals surface area contributed by atoms with E-state index in [0.717, 1.165) is 16.9 Å². The van der Waals surface area contributed by atoms with Crippen LogP contribution >= 0.6 is 0 Å². The molecule has 2 rings (SSSR count). The summed E-state index contributed by atoms with van der Waals surface area (Å²) in [6, 6.07) is 17.7. The highest BCUT2D eigenvalue weighted by molar-refractivity contribution is 5.37. The van der Waals surface area contributed by atoms with E-state index in [0.29, 0.717) is 13.2 Å². The van der Waals surface area contributed by atoms with Gasteiger partial charge >= 0.3 is 0 Å². The Labute approximate surface area is 126 Å². The lowest BCUT2D eigenvalue weighted by Gasteiger charge is -2.26. The second-order valence-corrected chi connectivity index (χ2v) is 4.78. The topological polar surface area (TPSA) is 44.5 Å². The van der Waals surface area contributed by atoms with E-state index in [4.69, 9.17) is 15.2 Å². The number of nitrogens with two attached hydrogens (primary N) is 1. The molecule has 112 valence electrons. The molecule has 0 saturated carbocycles. The fourth-order valence-electron chi connectivity index (χ4n) is 2.44. The first-order valence-corrected chi connectivity index (χ1v) is 7.41. The number of hydrogen-bond acceptors (Lipinski definition) is 3. The highest BCUT2D eigenvalue weighted by Crippen LogP contribution is 2.34. The van der Waals surface area contributed by atoms with Crippen molar-refractivity contribution in [3.05, 3.63) is 65.7 Å². The second kappa shape index (κ2) is 7.81. The summed E-state index contributed by atoms with van der Waals surface area (Å²) in [5.74, 6) is 0.827. The smallest absolute Gasteiger partial charge is 0.124 e. The van der Waals surface area contributed by atoms with Crippen molar-refractivity contribution in [2.45, 2.75) is 26.0 Å². The minimum Gasteiger partial charge on any atom is -0.494 e. The lowest BCUT2D eigenvalue weighted by molar-refractivity contribution is 0.0422. The summed E-state index contributed by atoms with van der Waals surface area (Å²) in [7, 11) is 0. The molecule has 0 bridgehead atoms. The molecule has 0 aromatic heterocycles. The molecule has 0 amide bonds. The molecule has 0 aliphatic rings. The Hall–Kier alpha value is -1.84. The molecular weight excluding hydrogens is 262 g/mol. The Morgan fingerprint density at radius 2 is 1.57 bits per heavy atom. The van der Waals surface area contributed by atoms with Crippen molar-refractivity contribution in [3.8, 4) is 5.75 Å². The summed E-state index contributed by atoms with van der Waals surface area (Å²) in [6.45, 7) is 5.19. The van der Waals surface area contributed by atoms with E-state index < -0.39 is 0 Å². The normalized spacial score (nSPS) is 13.7. The lowest BCUT2D eigenvalue weighted by atomic mass is 9.95. The fraction of sp³-hybridized carbons (Fsp3) is 0.333. The van der Waals surface area contributed by atoms with Crippen LogP contribution in [0.15, 0.2) is 54.6 Å². The van der Waals surface area contributed by atoms with Gasteiger partial charge in [0.25, 0.3) is 0 Å². The molecule has 2 atom stereocenters. The monoisotopic (exact) mass is 285 g/mol. The number of hydrogen-bond donors (Lipinski definition) is 1. The predicted molar refractivity (Wildman–Crippen MR) is 85.3 cm³/mol. The molecule has 0 fully saturated rings. The van der Waals surface area contributed by atoms with Crippen LogP contribution in [0.4, 0.5) is 0 Å². The molecule has 3 heteroatoms. The van der Waals surface area contributed by atoms with Crippen molar-refractivity contribution < 1.29 is 9.47 Å². The van der Waals surface area contributed by atoms with Crippen LogP contribution in [-0.4, -0.2) is 13.2 Å². The fourth-order valence-corrected chi connectivity index (χ4v) is 2.44. The summed E-state index contributed by atoms with van der Waals surface area (Å²) in [6.07, 6.45) is -0.183. The zero-order valence-electron chi connectivity index (χ0n) is 12.7. The average Bonchev–Trinajstić information content (AvgIpc) is 2.54. The van der Waals surface area contributed by atoms with Crippen molar-refractivity contribution >= 4 is 0 Å². The van der Waals surface area contributed by atoms with Gasteiger partial charge in [-0.05, 0) is 25.5 Å². The summed E-state index contributed by atoms with van der Waals surface area (Å²) >= 11 is 0. The first-order chi connectivity index (χ1) is 10.3. The van der Waals surface area contributed by atoms with Crippen molar-refractivity contribution in [2.24, 2.45) is 5.73 Å². The van der Waals surface area contributed by atoms with Gasteiger partial charge in [0.15, 0.2) is 0 Å². The number of ether oxygens (including phenoxy) is 2. The maximum absolute atomic E-state index is 6.48. The third-order valence-corrected chi connectivity index (χ3v) is 3.38. The molecule has 0 aliphatic carbocycles. The van der Waals surface area contributed by atoms with E-state index in [1.807, 2.05) is 68.4 Å². The van der Waals surface area contributed by atoms with Gasteiger partial charge in [0.1, 0.15) is 11.9 Å². The first-order valence-electron chi connectivity index (χ1n) is 7.41. The van der Waals surface area contributed by atoms with E-state index in [2.05, 4.69) is 0 Å². The van der Waals surface area contributed by atoms with Crippen molar-refractivity contribution in [1.29, 1.82) is 0 Å². The third-order valence-electron chi connectivity index (χ3n) is 3.38. The number of benzene rings is 2. The van der Waals surface area contributed by atoms with Gasteiger partial charge < -0.3 is 15.2 Å². The Balaban J connectivity index is 2.32. The van der Waals surface area contributed by atoms with E-state index in [-0.39, 0.29) is 12.1 Å². The van der Waals surface area contributed by atoms with Gasteiger partial charge in [-0.15, -0.1) is 0 Å². The van der Waals surface area contributed by atoms with Gasteiger partial charge in [-0.2, -0.15) is 0 Å². The molecule has 3 nitrogen and oxygen atoms in total. The molecule has 2 aromatic rings. The van der Waals surface area contributed by atoms with Gasteiger partial charge in [-0.3, -0.25) is 0 Å². The maximum atomic E-state index is 6.48. The van der Waals surface area contributed by atoms with Gasteiger partial charge in [0.2, 0.25) is 0 Å². The van der Waals surface area contributed by atoms with Crippen LogP contribution in [0.2, 0.25) is 0 Å². The number of para-hydroxylation sites is 1. The first kappa shape index (κ1) is 15.5. The van der Waals surface area contributed by atoms with Crippen LogP contribution in [-0.2, 0) is 4.74 Å². The van der Waals surface area contributed by atoms with Crippen LogP contribution in [0.3, 0.4) is 0 Å². The summed E-state index contributed by atoms with van der Waals surface area (Å²) in [5, 5.41) is 0. The minimum absolute atomic E-state index is 0.183. The highest BCUT2D eigenvalue weighted by Gasteiger charge is 2.24. The second-order valence-electron chi connectivity index (χ2n) is 4.78. The van der Waals surface area contributed by atoms with Crippen LogP contribution in [0.5, 0.6) is 5.75 Å². The van der Waals surface area contributed by atoms with Gasteiger partial charge in [0.05, 0.1) is 12.6 Å². The van der Waals surface area contributed by atoms with Crippen LogP contribution in [0.1, 0.15) is 37.1 Å². The van der Waals surface area contributed by atoms with Gasteiger partial charge in [0, 0.05) is 12.2 Å². The van der Waals surface area contributed by atoms with Gasteiger partial charge in [-0.1, -0.05) is 48.5 Å². The average molecular weight is 285 g/mol. The molecule has 0 spiro atoms. The molecule has 0 heterocycles. The molecule has 0 aliphatic heterocycles. The minimum atomic E-state index is -0.268. The predicted octanol–water partition coefficient (Wildman–Crippen LogP) is 3.86. The molecule has 2 N–H and O–H groups in total. The van der Waals surface area contributed by atoms with Crippen molar-refractivity contribution in [1.82, 2.24) is 0 Å². The summed E-state index contributed by atoms with van der Waals surface area (Å²) in [4.78, 5) is 0. The number of rotatable bonds is 7. The Morgan fingerprint density at radius 1 is 0.905 bits per heavy atom. The molecule has 0 saturated heterocycles. The van der Waals surface area contributed by atoms with E-state index in [1.54, 1.807) is 0 Å². The maximum Gasteiger partial charge on any atom is 0.124 e. The molecule has 21 heavy (non-hydrogen) atoms. The molecule has 0 radical (unpaired) electrons. The SMILES string of the molecule is CCOc1ccccc1C(N)C(OCC)c1ccccc1. The summed E-state index contributed by atoms with van der Waals surface area (Å²) < 4.78 is 11.6. The van der Waals surface area contributed by atoms with Crippen LogP contribution < -0.4 is 10.5 Å². The standard InChI is InChI=1S/C18H23NO2/c1-3-20-16-13-9-8-12-15(16)17(19)18(21-4-2)14-10-6-5-7-11-14/h5-13,17-18H,3-4,19H2,1-2H3. The molecular formula is C18H23NO2. The summed E-state index contributed by atoms with van der Waals surface area (Å²) in [5.41, 5.74) is 8.54. The van der Waals surface area contributed by atoms with Crippen molar-refractivity contribution in [3.63, 3.8) is 0 Å². The quantitative estimate of drug-likeness (QED) is 0.840. The van der Waals surface area contributed by atoms with Crippen LogP contribution in [0.25, 0.3) is 0 Å². The van der Waals surface area contributed by atoms with E-state index in [9.17, 15) is 0 Å². The highest BCUT2D eigenvalue weighted by atomic mass is 16.5. The Kier molecular flexibility index (Phi) is 5.78. The molecule has 2 unspecified atom stereocenters. The largest absolute Gasteiger partial charge is 0.494 e. The van der Waals surface area contributed by atoms with E-state index >= 15 is 0 Å². The Bertz CT molecular complexity index is 542. The van der Waals surface area contributed by atoms with Crippen molar-refractivity contribution in [2.75, 3.05) is 13.2 Å². The lowest BCUT2D eigenvalue weighted by Crippen LogP contribution is -2.23. The van der Waals surface area contributed by atoms with Crippen LogP contribution in [0, 0.1) is 0 Å². The zero-order chi connectivity index (χ0) is 15.1. The zero-order valence-corrected chi connectivity index (χ0v) is 12.7. The van der Waals surface area contributed by atoms with E-state index in [1.165, 1.54) is 0 Å². The van der Waals surface area contributed by atoms with Gasteiger partial charge in [-0.25, -0.2) is 0 Å². The molecule has 2 aromatic carbocycles. The Morgan fingerprint density at radius 3 is 2.24 bits per heavy atom. The third kappa shape index (κ3) is 3.84.